The Hall–Kier alpha value is -1.59. The lowest BCUT2D eigenvalue weighted by Crippen LogP contribution is -2.36. The summed E-state index contributed by atoms with van der Waals surface area (Å²) in [6, 6.07) is 0. The van der Waals surface area contributed by atoms with Gasteiger partial charge < -0.3 is 14.9 Å². The minimum Gasteiger partial charge on any atom is -0.478 e. The van der Waals surface area contributed by atoms with Gasteiger partial charge in [0.25, 0.3) is 6.10 Å². The minimum atomic E-state index is -2.11. The molecule has 6 heteroatoms. The van der Waals surface area contributed by atoms with Crippen LogP contribution < -0.4 is 0 Å². The predicted molar refractivity (Wildman–Crippen MR) is 49.2 cm³/mol. The van der Waals surface area contributed by atoms with E-state index in [1.54, 1.807) is 13.8 Å². The molecule has 0 aromatic heterocycles. The molecule has 0 unspecified atom stereocenters. The molecule has 0 aliphatic rings. The number of hydrogen-bond acceptors (Lipinski definition) is 4. The number of carboxylic acid groups (broad SMARTS) is 2. The van der Waals surface area contributed by atoms with Crippen molar-refractivity contribution in [2.75, 3.05) is 0 Å². The second-order valence-corrected chi connectivity index (χ2v) is 3.01. The molecule has 0 heterocycles. The molecule has 0 radical (unpaired) electrons. The van der Waals surface area contributed by atoms with E-state index in [9.17, 15) is 14.4 Å². The summed E-state index contributed by atoms with van der Waals surface area (Å²) >= 11 is 0. The number of aliphatic carboxylic acids is 2. The third-order valence-electron chi connectivity index (χ3n) is 2.00. The fraction of sp³-hybridized carbons (Fsp3) is 0.667. The fourth-order valence-electron chi connectivity index (χ4n) is 1.04. The van der Waals surface area contributed by atoms with Crippen LogP contribution in [0.1, 0.15) is 26.7 Å². The number of esters is 1. The Morgan fingerprint density at radius 3 is 1.73 bits per heavy atom. The molecule has 0 fully saturated rings. The summed E-state index contributed by atoms with van der Waals surface area (Å²) in [5.74, 6) is -4.59. The maximum absolute atomic E-state index is 11.3. The molecule has 0 aromatic carbocycles. The lowest BCUT2D eigenvalue weighted by atomic mass is 10.0. The Bertz CT molecular complexity index is 241. The third-order valence-corrected chi connectivity index (χ3v) is 2.00. The molecule has 0 rings (SSSR count). The lowest BCUT2D eigenvalue weighted by Gasteiger charge is -2.14. The van der Waals surface area contributed by atoms with Crippen LogP contribution in [0.3, 0.4) is 0 Å². The first-order chi connectivity index (χ1) is 6.93. The zero-order valence-electron chi connectivity index (χ0n) is 8.60. The van der Waals surface area contributed by atoms with Gasteiger partial charge in [0.2, 0.25) is 0 Å². The van der Waals surface area contributed by atoms with Gasteiger partial charge in [-0.15, -0.1) is 0 Å². The van der Waals surface area contributed by atoms with E-state index >= 15 is 0 Å². The third kappa shape index (κ3) is 3.97. The molecule has 15 heavy (non-hydrogen) atoms. The molecular formula is C9H14O6. The fourth-order valence-corrected chi connectivity index (χ4v) is 1.04. The largest absolute Gasteiger partial charge is 0.478 e. The van der Waals surface area contributed by atoms with E-state index in [1.165, 1.54) is 0 Å². The van der Waals surface area contributed by atoms with Gasteiger partial charge in [-0.25, -0.2) is 9.59 Å². The summed E-state index contributed by atoms with van der Waals surface area (Å²) in [6.45, 7) is 3.48. The molecule has 0 amide bonds. The molecule has 6 nitrogen and oxygen atoms in total. The van der Waals surface area contributed by atoms with Gasteiger partial charge >= 0.3 is 17.9 Å². The quantitative estimate of drug-likeness (QED) is 0.497. The van der Waals surface area contributed by atoms with Crippen LogP contribution in [0.4, 0.5) is 0 Å². The molecule has 0 saturated carbocycles. The molecule has 0 aromatic rings. The second-order valence-electron chi connectivity index (χ2n) is 3.01. The first kappa shape index (κ1) is 13.4. The Balaban J connectivity index is 4.48. The molecule has 0 saturated heterocycles. The number of ether oxygens (including phenoxy) is 1. The van der Waals surface area contributed by atoms with Crippen molar-refractivity contribution in [2.24, 2.45) is 5.92 Å². The van der Waals surface area contributed by atoms with E-state index in [1.807, 2.05) is 0 Å². The van der Waals surface area contributed by atoms with E-state index in [2.05, 4.69) is 4.74 Å². The van der Waals surface area contributed by atoms with Gasteiger partial charge in [-0.3, -0.25) is 4.79 Å². The van der Waals surface area contributed by atoms with Crippen LogP contribution in [0.15, 0.2) is 0 Å². The zero-order valence-corrected chi connectivity index (χ0v) is 8.60. The van der Waals surface area contributed by atoms with Crippen LogP contribution in [-0.2, 0) is 19.1 Å². The SMILES string of the molecule is CCC(CC)C(=O)OC(C(=O)O)C(=O)O. The van der Waals surface area contributed by atoms with E-state index in [0.29, 0.717) is 12.8 Å². The Kier molecular flexibility index (Phi) is 5.36. The van der Waals surface area contributed by atoms with Crippen molar-refractivity contribution in [1.82, 2.24) is 0 Å². The standard InChI is InChI=1S/C9H14O6/c1-3-5(4-2)9(14)15-6(7(10)11)8(12)13/h5-6H,3-4H2,1-2H3,(H,10,11)(H,12,13). The van der Waals surface area contributed by atoms with Gasteiger partial charge in [0.1, 0.15) is 0 Å². The highest BCUT2D eigenvalue weighted by Gasteiger charge is 2.31. The monoisotopic (exact) mass is 218 g/mol. The number of carbonyl (C=O) groups is 3. The van der Waals surface area contributed by atoms with E-state index in [0.717, 1.165) is 0 Å². The average Bonchev–Trinajstić information content (AvgIpc) is 2.15. The molecule has 2 N–H and O–H groups in total. The van der Waals surface area contributed by atoms with Gasteiger partial charge in [0.05, 0.1) is 5.92 Å². The number of hydrogen-bond donors (Lipinski definition) is 2. The van der Waals surface area contributed by atoms with Crippen LogP contribution in [0.2, 0.25) is 0 Å². The first-order valence-corrected chi connectivity index (χ1v) is 4.60. The van der Waals surface area contributed by atoms with Crippen molar-refractivity contribution in [3.63, 3.8) is 0 Å². The van der Waals surface area contributed by atoms with E-state index < -0.39 is 29.9 Å². The number of rotatable bonds is 6. The summed E-state index contributed by atoms with van der Waals surface area (Å²) < 4.78 is 4.38. The summed E-state index contributed by atoms with van der Waals surface area (Å²) in [6.07, 6.45) is -1.14. The summed E-state index contributed by atoms with van der Waals surface area (Å²) in [4.78, 5) is 32.1. The van der Waals surface area contributed by atoms with Crippen molar-refractivity contribution < 1.29 is 29.3 Å². The maximum atomic E-state index is 11.3. The first-order valence-electron chi connectivity index (χ1n) is 4.60. The molecule has 0 aliphatic heterocycles. The predicted octanol–water partition coefficient (Wildman–Crippen LogP) is 0.504. The molecule has 0 aliphatic carbocycles. The lowest BCUT2D eigenvalue weighted by molar-refractivity contribution is -0.177. The highest BCUT2D eigenvalue weighted by atomic mass is 16.6. The van der Waals surface area contributed by atoms with Crippen LogP contribution in [0.5, 0.6) is 0 Å². The van der Waals surface area contributed by atoms with Crippen LogP contribution in [-0.4, -0.2) is 34.2 Å². The number of carbonyl (C=O) groups excluding carboxylic acids is 1. The van der Waals surface area contributed by atoms with Crippen molar-refractivity contribution in [1.29, 1.82) is 0 Å². The molecule has 0 atom stereocenters. The van der Waals surface area contributed by atoms with E-state index in [-0.39, 0.29) is 0 Å². The van der Waals surface area contributed by atoms with Crippen molar-refractivity contribution in [3.05, 3.63) is 0 Å². The van der Waals surface area contributed by atoms with Gasteiger partial charge in [-0.2, -0.15) is 0 Å². The van der Waals surface area contributed by atoms with Crippen molar-refractivity contribution in [2.45, 2.75) is 32.8 Å². The molecular weight excluding hydrogens is 204 g/mol. The van der Waals surface area contributed by atoms with Crippen LogP contribution in [0.25, 0.3) is 0 Å². The Morgan fingerprint density at radius 1 is 1.07 bits per heavy atom. The Labute approximate surface area is 86.8 Å². The average molecular weight is 218 g/mol. The topological polar surface area (TPSA) is 101 Å². The van der Waals surface area contributed by atoms with Gasteiger partial charge in [0.15, 0.2) is 0 Å². The highest BCUT2D eigenvalue weighted by Crippen LogP contribution is 2.11. The molecule has 86 valence electrons. The minimum absolute atomic E-state index is 0.453. The maximum Gasteiger partial charge on any atom is 0.356 e. The Morgan fingerprint density at radius 2 is 1.47 bits per heavy atom. The smallest absolute Gasteiger partial charge is 0.356 e. The zero-order chi connectivity index (χ0) is 12.0. The van der Waals surface area contributed by atoms with Crippen LogP contribution >= 0.6 is 0 Å². The summed E-state index contributed by atoms with van der Waals surface area (Å²) in [7, 11) is 0. The van der Waals surface area contributed by atoms with Crippen molar-refractivity contribution >= 4 is 17.9 Å². The van der Waals surface area contributed by atoms with Crippen LogP contribution in [0, 0.1) is 5.92 Å². The van der Waals surface area contributed by atoms with E-state index in [4.69, 9.17) is 10.2 Å². The summed E-state index contributed by atoms with van der Waals surface area (Å²) in [5, 5.41) is 16.9. The second kappa shape index (κ2) is 6.00. The normalized spacial score (nSPS) is 10.4. The summed E-state index contributed by atoms with van der Waals surface area (Å²) in [5.41, 5.74) is 0. The van der Waals surface area contributed by atoms with Gasteiger partial charge in [-0.1, -0.05) is 13.8 Å². The highest BCUT2D eigenvalue weighted by molar-refractivity contribution is 5.98. The van der Waals surface area contributed by atoms with Crippen molar-refractivity contribution in [3.8, 4) is 0 Å². The molecule has 0 spiro atoms. The molecule has 0 bridgehead atoms. The van der Waals surface area contributed by atoms with Gasteiger partial charge in [0, 0.05) is 0 Å². The number of carboxylic acids is 2. The van der Waals surface area contributed by atoms with Gasteiger partial charge in [-0.05, 0) is 12.8 Å².